The molecule has 2 heterocycles. The van der Waals surface area contributed by atoms with E-state index in [1.54, 1.807) is 35.9 Å². The number of amides is 1. The zero-order chi connectivity index (χ0) is 22.0. The topological polar surface area (TPSA) is 109 Å². The van der Waals surface area contributed by atoms with Crippen LogP contribution < -0.4 is 15.5 Å². The molecular formula is C21H19ClN6O2S. The number of nitrogens with one attached hydrogen (secondary N) is 3. The lowest BCUT2D eigenvalue weighted by molar-refractivity contribution is -0.113. The van der Waals surface area contributed by atoms with Crippen LogP contribution in [0.1, 0.15) is 5.69 Å². The van der Waals surface area contributed by atoms with Gasteiger partial charge >= 0.3 is 0 Å². The number of carbonyl (C=O) groups excluding carboxylic acids is 1. The summed E-state index contributed by atoms with van der Waals surface area (Å²) < 4.78 is 6.93. The van der Waals surface area contributed by atoms with Crippen LogP contribution in [0.25, 0.3) is 16.7 Å². The summed E-state index contributed by atoms with van der Waals surface area (Å²) in [4.78, 5) is 17.1. The number of halogens is 1. The smallest absolute Gasteiger partial charge is 0.234 e. The Morgan fingerprint density at radius 2 is 2.06 bits per heavy atom. The minimum atomic E-state index is -0.208. The fourth-order valence-corrected chi connectivity index (χ4v) is 4.09. The molecule has 3 N–H and O–H groups in total. The maximum absolute atomic E-state index is 12.5. The summed E-state index contributed by atoms with van der Waals surface area (Å²) in [5, 5.41) is 20.3. The third-order valence-corrected chi connectivity index (χ3v) is 5.73. The third kappa shape index (κ3) is 4.42. The van der Waals surface area contributed by atoms with Crippen molar-refractivity contribution >= 4 is 46.0 Å². The number of aryl methyl sites for hydroxylation is 1. The average Bonchev–Trinajstić information content (AvgIpc) is 3.13. The number of fused-ring (bicyclic) bond motifs is 1. The maximum Gasteiger partial charge on any atom is 0.234 e. The first-order valence-corrected chi connectivity index (χ1v) is 10.7. The zero-order valence-corrected chi connectivity index (χ0v) is 18.3. The number of rotatable bonds is 6. The SMILES string of the molecule is COc1ccc(-n2c(SCC(=O)Nc3cccc(Cl)c3)nc3n[nH]c(C)c3c2=N)cc1. The first-order chi connectivity index (χ1) is 15.0. The summed E-state index contributed by atoms with van der Waals surface area (Å²) in [5.41, 5.74) is 2.78. The molecule has 10 heteroatoms. The van der Waals surface area contributed by atoms with E-state index >= 15 is 0 Å². The van der Waals surface area contributed by atoms with Crippen LogP contribution >= 0.6 is 23.4 Å². The first kappa shape index (κ1) is 21.0. The summed E-state index contributed by atoms with van der Waals surface area (Å²) in [5.74, 6) is 0.601. The minimum absolute atomic E-state index is 0.101. The van der Waals surface area contributed by atoms with Crippen molar-refractivity contribution in [2.75, 3.05) is 18.2 Å². The number of ether oxygens (including phenoxy) is 1. The predicted molar refractivity (Wildman–Crippen MR) is 121 cm³/mol. The van der Waals surface area contributed by atoms with Crippen LogP contribution in [0.2, 0.25) is 5.02 Å². The summed E-state index contributed by atoms with van der Waals surface area (Å²) in [6.07, 6.45) is 0. The number of carbonyl (C=O) groups is 1. The highest BCUT2D eigenvalue weighted by Gasteiger charge is 2.16. The van der Waals surface area contributed by atoms with E-state index in [0.717, 1.165) is 11.4 Å². The molecule has 31 heavy (non-hydrogen) atoms. The van der Waals surface area contributed by atoms with Gasteiger partial charge in [0, 0.05) is 22.1 Å². The average molecular weight is 455 g/mol. The molecule has 0 fully saturated rings. The van der Waals surface area contributed by atoms with Crippen LogP contribution in [0.5, 0.6) is 5.75 Å². The van der Waals surface area contributed by atoms with E-state index in [-0.39, 0.29) is 17.1 Å². The molecule has 0 aliphatic carbocycles. The van der Waals surface area contributed by atoms with E-state index in [1.807, 2.05) is 31.2 Å². The van der Waals surface area contributed by atoms with Crippen LogP contribution in [0.15, 0.2) is 53.7 Å². The molecule has 2 aromatic carbocycles. The number of hydrogen-bond acceptors (Lipinski definition) is 6. The molecule has 158 valence electrons. The second-order valence-corrected chi connectivity index (χ2v) is 8.05. The second-order valence-electron chi connectivity index (χ2n) is 6.67. The number of thioether (sulfide) groups is 1. The molecule has 0 unspecified atom stereocenters. The largest absolute Gasteiger partial charge is 0.497 e. The molecule has 0 saturated carbocycles. The lowest BCUT2D eigenvalue weighted by atomic mass is 10.2. The molecule has 0 spiro atoms. The van der Waals surface area contributed by atoms with Crippen LogP contribution in [0.3, 0.4) is 0 Å². The van der Waals surface area contributed by atoms with Gasteiger partial charge in [-0.3, -0.25) is 19.9 Å². The Hall–Kier alpha value is -3.30. The lowest BCUT2D eigenvalue weighted by Crippen LogP contribution is -2.23. The van der Waals surface area contributed by atoms with Crippen LogP contribution in [0, 0.1) is 12.3 Å². The van der Waals surface area contributed by atoms with E-state index in [2.05, 4.69) is 20.5 Å². The van der Waals surface area contributed by atoms with Gasteiger partial charge < -0.3 is 10.1 Å². The summed E-state index contributed by atoms with van der Waals surface area (Å²) >= 11 is 7.20. The fraction of sp³-hybridized carbons (Fsp3) is 0.143. The van der Waals surface area contributed by atoms with Crippen LogP contribution in [-0.4, -0.2) is 38.5 Å². The number of benzene rings is 2. The van der Waals surface area contributed by atoms with E-state index in [9.17, 15) is 4.79 Å². The fourth-order valence-electron chi connectivity index (χ4n) is 3.09. The van der Waals surface area contributed by atoms with Gasteiger partial charge in [0.15, 0.2) is 10.8 Å². The Kier molecular flexibility index (Phi) is 5.97. The number of anilines is 1. The Labute approximate surface area is 187 Å². The highest BCUT2D eigenvalue weighted by molar-refractivity contribution is 7.99. The number of H-pyrrole nitrogens is 1. The van der Waals surface area contributed by atoms with Crippen molar-refractivity contribution in [3.05, 3.63) is 64.7 Å². The van der Waals surface area contributed by atoms with Crippen molar-refractivity contribution < 1.29 is 9.53 Å². The summed E-state index contributed by atoms with van der Waals surface area (Å²) in [6.45, 7) is 1.85. The van der Waals surface area contributed by atoms with Gasteiger partial charge in [-0.1, -0.05) is 29.4 Å². The van der Waals surface area contributed by atoms with E-state index < -0.39 is 0 Å². The molecule has 0 saturated heterocycles. The number of hydrogen-bond donors (Lipinski definition) is 3. The predicted octanol–water partition coefficient (Wildman–Crippen LogP) is 3.93. The Balaban J connectivity index is 1.67. The van der Waals surface area contributed by atoms with Gasteiger partial charge in [0.05, 0.1) is 18.2 Å². The van der Waals surface area contributed by atoms with Crippen LogP contribution in [-0.2, 0) is 4.79 Å². The van der Waals surface area contributed by atoms with E-state index in [0.29, 0.717) is 32.6 Å². The Morgan fingerprint density at radius 1 is 1.29 bits per heavy atom. The monoisotopic (exact) mass is 454 g/mol. The zero-order valence-electron chi connectivity index (χ0n) is 16.8. The first-order valence-electron chi connectivity index (χ1n) is 9.31. The maximum atomic E-state index is 12.5. The highest BCUT2D eigenvalue weighted by Crippen LogP contribution is 2.23. The van der Waals surface area contributed by atoms with Gasteiger partial charge in [0.2, 0.25) is 5.91 Å². The molecule has 4 aromatic rings. The highest BCUT2D eigenvalue weighted by atomic mass is 35.5. The van der Waals surface area contributed by atoms with Crippen molar-refractivity contribution in [2.24, 2.45) is 0 Å². The molecule has 0 aliphatic rings. The summed E-state index contributed by atoms with van der Waals surface area (Å²) in [6, 6.07) is 14.3. The normalized spacial score (nSPS) is 10.9. The molecular weight excluding hydrogens is 436 g/mol. The van der Waals surface area contributed by atoms with E-state index in [1.165, 1.54) is 11.8 Å². The number of nitrogens with zero attached hydrogens (tertiary/aromatic N) is 3. The number of methoxy groups -OCH3 is 1. The lowest BCUT2D eigenvalue weighted by Gasteiger charge is -2.14. The number of aromatic nitrogens is 4. The molecule has 0 bridgehead atoms. The van der Waals surface area contributed by atoms with Crippen molar-refractivity contribution in [2.45, 2.75) is 12.1 Å². The molecule has 2 aromatic heterocycles. The van der Waals surface area contributed by atoms with Gasteiger partial charge in [0.1, 0.15) is 11.2 Å². The quantitative estimate of drug-likeness (QED) is 0.302. The molecule has 0 atom stereocenters. The molecule has 0 aliphatic heterocycles. The minimum Gasteiger partial charge on any atom is -0.497 e. The summed E-state index contributed by atoms with van der Waals surface area (Å²) in [7, 11) is 1.60. The van der Waals surface area contributed by atoms with Crippen LogP contribution in [0.4, 0.5) is 5.69 Å². The van der Waals surface area contributed by atoms with Crippen molar-refractivity contribution in [3.63, 3.8) is 0 Å². The number of aromatic amines is 1. The van der Waals surface area contributed by atoms with E-state index in [4.69, 9.17) is 21.7 Å². The van der Waals surface area contributed by atoms with Gasteiger partial charge in [0.25, 0.3) is 0 Å². The Bertz CT molecular complexity index is 1320. The van der Waals surface area contributed by atoms with Crippen molar-refractivity contribution in [3.8, 4) is 11.4 Å². The van der Waals surface area contributed by atoms with Gasteiger partial charge in [-0.25, -0.2) is 4.98 Å². The van der Waals surface area contributed by atoms with Gasteiger partial charge in [-0.2, -0.15) is 5.10 Å². The van der Waals surface area contributed by atoms with Crippen molar-refractivity contribution in [1.82, 2.24) is 19.7 Å². The molecule has 8 nitrogen and oxygen atoms in total. The standard InChI is InChI=1S/C21H19ClN6O2S/c1-12-18-19(23)28(15-6-8-16(30-2)9-7-15)21(25-20(18)27-26-12)31-11-17(29)24-14-5-3-4-13(22)10-14/h3-10,23H,11H2,1-2H3,(H,24,29)(H,26,27). The van der Waals surface area contributed by atoms with Gasteiger partial charge in [-0.05, 0) is 49.4 Å². The van der Waals surface area contributed by atoms with Crippen molar-refractivity contribution in [1.29, 1.82) is 5.41 Å². The second kappa shape index (κ2) is 8.83. The van der Waals surface area contributed by atoms with Gasteiger partial charge in [-0.15, -0.1) is 0 Å². The molecule has 1 amide bonds. The Morgan fingerprint density at radius 3 is 2.77 bits per heavy atom. The molecule has 0 radical (unpaired) electrons. The third-order valence-electron chi connectivity index (χ3n) is 4.55. The molecule has 4 rings (SSSR count).